The van der Waals surface area contributed by atoms with Crippen LogP contribution in [0.4, 0.5) is 0 Å². The Balaban J connectivity index is 0.00000200. The number of aliphatic hydroxyl groups excluding tert-OH is 1. The van der Waals surface area contributed by atoms with Crippen molar-refractivity contribution >= 4 is 0 Å². The third-order valence-corrected chi connectivity index (χ3v) is 3.03. The second-order valence-corrected chi connectivity index (χ2v) is 4.37. The Morgan fingerprint density at radius 1 is 1.05 bits per heavy atom. The fraction of sp³-hybridized carbons (Fsp3) is 0.250. The Morgan fingerprint density at radius 3 is 2.40 bits per heavy atom. The zero-order valence-corrected chi connectivity index (χ0v) is 12.2. The summed E-state index contributed by atoms with van der Waals surface area (Å²) < 4.78 is 5.28. The highest BCUT2D eigenvalue weighted by molar-refractivity contribution is 5.33. The summed E-state index contributed by atoms with van der Waals surface area (Å²) in [6, 6.07) is 17.5. The third-order valence-electron chi connectivity index (χ3n) is 3.03. The molecule has 0 fully saturated rings. The van der Waals surface area contributed by atoms with E-state index in [2.05, 4.69) is 5.32 Å². The van der Waals surface area contributed by atoms with Gasteiger partial charge in [-0.15, -0.1) is 0 Å². The number of hydrogen-bond donors (Lipinski definition) is 2. The van der Waals surface area contributed by atoms with Crippen molar-refractivity contribution in [3.63, 3.8) is 0 Å². The van der Waals surface area contributed by atoms with Crippen molar-refractivity contribution in [1.29, 1.82) is 0 Å². The molecule has 2 aromatic carbocycles. The van der Waals surface area contributed by atoms with E-state index in [9.17, 15) is 5.11 Å². The lowest BCUT2D eigenvalue weighted by Crippen LogP contribution is -3.00. The van der Waals surface area contributed by atoms with Gasteiger partial charge in [0.05, 0.1) is 13.2 Å². The molecular formula is C16H19ClNO2-. The van der Waals surface area contributed by atoms with Gasteiger partial charge in [0.1, 0.15) is 5.75 Å². The molecule has 0 spiro atoms. The molecule has 2 N–H and O–H groups in total. The topological polar surface area (TPSA) is 41.5 Å². The molecule has 2 aromatic rings. The molecule has 0 heterocycles. The average Bonchev–Trinajstić information content (AvgIpc) is 2.48. The van der Waals surface area contributed by atoms with E-state index in [1.807, 2.05) is 54.6 Å². The second-order valence-electron chi connectivity index (χ2n) is 4.37. The summed E-state index contributed by atoms with van der Waals surface area (Å²) in [4.78, 5) is 0. The third kappa shape index (κ3) is 4.53. The van der Waals surface area contributed by atoms with E-state index >= 15 is 0 Å². The lowest BCUT2D eigenvalue weighted by atomic mass is 10.1. The van der Waals surface area contributed by atoms with E-state index < -0.39 is 6.10 Å². The predicted octanol–water partition coefficient (Wildman–Crippen LogP) is -0.478. The van der Waals surface area contributed by atoms with Gasteiger partial charge >= 0.3 is 0 Å². The monoisotopic (exact) mass is 292 g/mol. The summed E-state index contributed by atoms with van der Waals surface area (Å²) in [5, 5.41) is 13.3. The molecule has 108 valence electrons. The molecule has 4 heteroatoms. The highest BCUT2D eigenvalue weighted by Crippen LogP contribution is 2.17. The molecule has 1 unspecified atom stereocenters. The van der Waals surface area contributed by atoms with Crippen molar-refractivity contribution in [3.05, 3.63) is 65.7 Å². The Labute approximate surface area is 126 Å². The number of hydrogen-bond acceptors (Lipinski definition) is 3. The van der Waals surface area contributed by atoms with Crippen LogP contribution >= 0.6 is 0 Å². The highest BCUT2D eigenvalue weighted by atomic mass is 35.5. The quantitative estimate of drug-likeness (QED) is 0.756. The minimum absolute atomic E-state index is 0. The van der Waals surface area contributed by atoms with Crippen LogP contribution in [0.2, 0.25) is 0 Å². The fourth-order valence-electron chi connectivity index (χ4n) is 1.99. The van der Waals surface area contributed by atoms with Gasteiger partial charge in [0, 0.05) is 18.7 Å². The summed E-state index contributed by atoms with van der Waals surface area (Å²) in [5.41, 5.74) is 2.01. The van der Waals surface area contributed by atoms with Crippen LogP contribution in [0.25, 0.3) is 0 Å². The molecule has 0 aliphatic rings. The molecule has 20 heavy (non-hydrogen) atoms. The van der Waals surface area contributed by atoms with Gasteiger partial charge in [-0.2, -0.15) is 0 Å². The molecule has 1 atom stereocenters. The lowest BCUT2D eigenvalue weighted by molar-refractivity contribution is -0.00000582. The van der Waals surface area contributed by atoms with Gasteiger partial charge in [0.25, 0.3) is 0 Å². The SMILES string of the molecule is COc1ccccc1CNCC(O)c1ccccc1.[Cl-]. The molecule has 0 aliphatic carbocycles. The van der Waals surface area contributed by atoms with Gasteiger partial charge in [-0.05, 0) is 11.6 Å². The molecule has 0 radical (unpaired) electrons. The van der Waals surface area contributed by atoms with Crippen molar-refractivity contribution < 1.29 is 22.3 Å². The number of para-hydroxylation sites is 1. The maximum Gasteiger partial charge on any atom is 0.123 e. The number of halogens is 1. The molecule has 0 saturated carbocycles. The number of rotatable bonds is 6. The van der Waals surface area contributed by atoms with Crippen LogP contribution in [-0.4, -0.2) is 18.8 Å². The summed E-state index contributed by atoms with van der Waals surface area (Å²) in [5.74, 6) is 0.865. The van der Waals surface area contributed by atoms with Gasteiger partial charge in [-0.1, -0.05) is 48.5 Å². The van der Waals surface area contributed by atoms with Gasteiger partial charge < -0.3 is 27.6 Å². The van der Waals surface area contributed by atoms with E-state index in [-0.39, 0.29) is 12.4 Å². The maximum atomic E-state index is 10.0. The Hall–Kier alpha value is -1.55. The summed E-state index contributed by atoms with van der Waals surface area (Å²) in [6.45, 7) is 1.19. The number of benzene rings is 2. The van der Waals surface area contributed by atoms with Crippen molar-refractivity contribution in [1.82, 2.24) is 5.32 Å². The van der Waals surface area contributed by atoms with Crippen LogP contribution in [0.1, 0.15) is 17.2 Å². The first-order valence-corrected chi connectivity index (χ1v) is 6.37. The number of nitrogens with one attached hydrogen (secondary N) is 1. The highest BCUT2D eigenvalue weighted by Gasteiger charge is 2.07. The van der Waals surface area contributed by atoms with Crippen LogP contribution < -0.4 is 22.5 Å². The predicted molar refractivity (Wildman–Crippen MR) is 76.1 cm³/mol. The first-order chi connectivity index (χ1) is 9.31. The normalized spacial score (nSPS) is 11.5. The summed E-state index contributed by atoms with van der Waals surface area (Å²) in [6.07, 6.45) is -0.490. The average molecular weight is 293 g/mol. The number of aliphatic hydroxyl groups is 1. The minimum Gasteiger partial charge on any atom is -1.00 e. The molecule has 0 saturated heterocycles. The number of methoxy groups -OCH3 is 1. The van der Waals surface area contributed by atoms with Crippen LogP contribution in [-0.2, 0) is 6.54 Å². The van der Waals surface area contributed by atoms with E-state index in [0.29, 0.717) is 13.1 Å². The zero-order chi connectivity index (χ0) is 13.5. The van der Waals surface area contributed by atoms with Crippen molar-refractivity contribution in [2.24, 2.45) is 0 Å². The number of ether oxygens (including phenoxy) is 1. The van der Waals surface area contributed by atoms with Gasteiger partial charge in [-0.25, -0.2) is 0 Å². The largest absolute Gasteiger partial charge is 1.00 e. The van der Waals surface area contributed by atoms with Crippen molar-refractivity contribution in [2.45, 2.75) is 12.6 Å². The zero-order valence-electron chi connectivity index (χ0n) is 11.4. The molecular weight excluding hydrogens is 274 g/mol. The first kappa shape index (κ1) is 16.5. The van der Waals surface area contributed by atoms with Gasteiger partial charge in [0.2, 0.25) is 0 Å². The smallest absolute Gasteiger partial charge is 0.123 e. The minimum atomic E-state index is -0.490. The van der Waals surface area contributed by atoms with E-state index in [1.54, 1.807) is 7.11 Å². The molecule has 0 aromatic heterocycles. The Kier molecular flexibility index (Phi) is 7.09. The Morgan fingerprint density at radius 2 is 1.70 bits per heavy atom. The molecule has 2 rings (SSSR count). The van der Waals surface area contributed by atoms with E-state index in [1.165, 1.54) is 0 Å². The van der Waals surface area contributed by atoms with E-state index in [0.717, 1.165) is 16.9 Å². The summed E-state index contributed by atoms with van der Waals surface area (Å²) >= 11 is 0. The van der Waals surface area contributed by atoms with Crippen LogP contribution in [0, 0.1) is 0 Å². The summed E-state index contributed by atoms with van der Waals surface area (Å²) in [7, 11) is 1.66. The molecule has 0 aliphatic heterocycles. The maximum absolute atomic E-state index is 10.0. The van der Waals surface area contributed by atoms with Crippen LogP contribution in [0.5, 0.6) is 5.75 Å². The fourth-order valence-corrected chi connectivity index (χ4v) is 1.99. The first-order valence-electron chi connectivity index (χ1n) is 6.37. The van der Waals surface area contributed by atoms with E-state index in [4.69, 9.17) is 4.74 Å². The lowest BCUT2D eigenvalue weighted by Gasteiger charge is -2.13. The van der Waals surface area contributed by atoms with Crippen molar-refractivity contribution in [3.8, 4) is 5.75 Å². The molecule has 0 amide bonds. The standard InChI is InChI=1S/C16H19NO2.ClH/c1-19-16-10-6-5-9-14(16)11-17-12-15(18)13-7-3-2-4-8-13;/h2-10,15,17-18H,11-12H2,1H3;1H/p-1. The second kappa shape index (κ2) is 8.59. The van der Waals surface area contributed by atoms with Gasteiger partial charge in [-0.3, -0.25) is 0 Å². The molecule has 3 nitrogen and oxygen atoms in total. The van der Waals surface area contributed by atoms with Crippen LogP contribution in [0.15, 0.2) is 54.6 Å². The van der Waals surface area contributed by atoms with Crippen LogP contribution in [0.3, 0.4) is 0 Å². The van der Waals surface area contributed by atoms with Gasteiger partial charge in [0.15, 0.2) is 0 Å². The van der Waals surface area contributed by atoms with Crippen molar-refractivity contribution in [2.75, 3.05) is 13.7 Å². The molecule has 0 bridgehead atoms. The Bertz CT molecular complexity index is 505.